The maximum absolute atomic E-state index is 14.0. The number of benzene rings is 1. The molecule has 1 atom stereocenters. The molecule has 1 unspecified atom stereocenters. The number of urea groups is 1. The van der Waals surface area contributed by atoms with E-state index in [-0.39, 0.29) is 17.2 Å². The van der Waals surface area contributed by atoms with Gasteiger partial charge < -0.3 is 20.0 Å². The van der Waals surface area contributed by atoms with Crippen LogP contribution in [0.5, 0.6) is 0 Å². The van der Waals surface area contributed by atoms with Gasteiger partial charge in [0.05, 0.1) is 5.56 Å². The first-order valence-electron chi connectivity index (χ1n) is 12.5. The van der Waals surface area contributed by atoms with Gasteiger partial charge in [-0.1, -0.05) is 27.7 Å². The molecule has 2 N–H and O–H groups in total. The molecule has 0 saturated carbocycles. The van der Waals surface area contributed by atoms with E-state index in [1.54, 1.807) is 4.90 Å². The third-order valence-corrected chi connectivity index (χ3v) is 8.20. The van der Waals surface area contributed by atoms with Gasteiger partial charge in [-0.25, -0.2) is 9.18 Å². The SMILES string of the molecule is CCC1(C)C(=O)N(CCN(C)C)CCN1C(=O)c1cc(C(C)(C)C)sc1NC(=O)Nc1ccc(F)cc1. The number of rotatable bonds is 7. The Morgan fingerprint density at radius 1 is 1.14 bits per heavy atom. The Bertz CT molecular complexity index is 1140. The molecule has 4 amide bonds. The largest absolute Gasteiger partial charge is 0.338 e. The van der Waals surface area contributed by atoms with Gasteiger partial charge in [0.1, 0.15) is 16.4 Å². The quantitative estimate of drug-likeness (QED) is 0.535. The van der Waals surface area contributed by atoms with Gasteiger partial charge in [0.25, 0.3) is 5.91 Å². The number of halogens is 1. The van der Waals surface area contributed by atoms with Gasteiger partial charge in [-0.3, -0.25) is 14.9 Å². The molecule has 1 aromatic carbocycles. The molecule has 3 rings (SSSR count). The number of amides is 4. The summed E-state index contributed by atoms with van der Waals surface area (Å²) in [6.07, 6.45) is 0.472. The average Bonchev–Trinajstić information content (AvgIpc) is 3.25. The van der Waals surface area contributed by atoms with Crippen molar-refractivity contribution in [2.75, 3.05) is 50.9 Å². The third kappa shape index (κ3) is 6.48. The first kappa shape index (κ1) is 28.6. The highest BCUT2D eigenvalue weighted by Crippen LogP contribution is 2.38. The van der Waals surface area contributed by atoms with Crippen LogP contribution >= 0.6 is 11.3 Å². The van der Waals surface area contributed by atoms with Gasteiger partial charge in [0, 0.05) is 36.7 Å². The summed E-state index contributed by atoms with van der Waals surface area (Å²) in [4.78, 5) is 46.7. The van der Waals surface area contributed by atoms with Gasteiger partial charge >= 0.3 is 6.03 Å². The number of carbonyl (C=O) groups is 3. The predicted octanol–water partition coefficient (Wildman–Crippen LogP) is 4.84. The zero-order chi connectivity index (χ0) is 27.5. The summed E-state index contributed by atoms with van der Waals surface area (Å²) in [5.74, 6) is -0.748. The lowest BCUT2D eigenvalue weighted by Crippen LogP contribution is -2.66. The Labute approximate surface area is 222 Å². The van der Waals surface area contributed by atoms with Crippen LogP contribution in [0.2, 0.25) is 0 Å². The monoisotopic (exact) mass is 531 g/mol. The summed E-state index contributed by atoms with van der Waals surface area (Å²) in [5.41, 5.74) is -0.447. The van der Waals surface area contributed by atoms with Crippen molar-refractivity contribution in [3.8, 4) is 0 Å². The molecule has 0 spiro atoms. The van der Waals surface area contributed by atoms with Crippen molar-refractivity contribution in [3.63, 3.8) is 0 Å². The molecule has 0 radical (unpaired) electrons. The number of hydrogen-bond donors (Lipinski definition) is 2. The fraction of sp³-hybridized carbons (Fsp3) is 0.519. The van der Waals surface area contributed by atoms with Gasteiger partial charge in [0.15, 0.2) is 0 Å². The molecule has 2 aromatic rings. The predicted molar refractivity (Wildman–Crippen MR) is 147 cm³/mol. The third-order valence-electron chi connectivity index (χ3n) is 6.72. The van der Waals surface area contributed by atoms with Crippen LogP contribution in [-0.4, -0.2) is 78.4 Å². The second kappa shape index (κ2) is 11.2. The van der Waals surface area contributed by atoms with Crippen LogP contribution in [0.25, 0.3) is 0 Å². The van der Waals surface area contributed by atoms with E-state index < -0.39 is 17.4 Å². The second-order valence-electron chi connectivity index (χ2n) is 10.9. The lowest BCUT2D eigenvalue weighted by atomic mass is 9.90. The maximum Gasteiger partial charge on any atom is 0.324 e. The fourth-order valence-corrected chi connectivity index (χ4v) is 5.29. The minimum atomic E-state index is -0.987. The lowest BCUT2D eigenvalue weighted by molar-refractivity contribution is -0.148. The molecule has 0 bridgehead atoms. The van der Waals surface area contributed by atoms with Crippen molar-refractivity contribution in [1.82, 2.24) is 14.7 Å². The molecular formula is C27H38FN5O3S. The van der Waals surface area contributed by atoms with Crippen LogP contribution in [0.3, 0.4) is 0 Å². The number of piperazine rings is 1. The summed E-state index contributed by atoms with van der Waals surface area (Å²) < 4.78 is 13.2. The zero-order valence-corrected chi connectivity index (χ0v) is 23.6. The van der Waals surface area contributed by atoms with Crippen LogP contribution < -0.4 is 10.6 Å². The van der Waals surface area contributed by atoms with E-state index in [0.717, 1.165) is 11.4 Å². The van der Waals surface area contributed by atoms with Gasteiger partial charge in [-0.15, -0.1) is 11.3 Å². The number of nitrogens with zero attached hydrogens (tertiary/aromatic N) is 3. The topological polar surface area (TPSA) is 85.0 Å². The van der Waals surface area contributed by atoms with Gasteiger partial charge in [-0.05, 0) is 63.2 Å². The minimum Gasteiger partial charge on any atom is -0.338 e. The maximum atomic E-state index is 14.0. The molecule has 2 heterocycles. The molecule has 8 nitrogen and oxygen atoms in total. The molecule has 10 heteroatoms. The lowest BCUT2D eigenvalue weighted by Gasteiger charge is -2.47. The summed E-state index contributed by atoms with van der Waals surface area (Å²) in [7, 11) is 3.93. The molecular weight excluding hydrogens is 493 g/mol. The fourth-order valence-electron chi connectivity index (χ4n) is 4.18. The number of carbonyl (C=O) groups excluding carboxylic acids is 3. The van der Waals surface area contributed by atoms with Crippen molar-refractivity contribution in [3.05, 3.63) is 46.6 Å². The molecule has 202 valence electrons. The molecule has 37 heavy (non-hydrogen) atoms. The number of thiophene rings is 1. The normalized spacial score (nSPS) is 18.4. The van der Waals surface area contributed by atoms with Crippen LogP contribution in [0.4, 0.5) is 19.9 Å². The van der Waals surface area contributed by atoms with Crippen molar-refractivity contribution in [2.24, 2.45) is 0 Å². The van der Waals surface area contributed by atoms with E-state index in [0.29, 0.717) is 42.3 Å². The van der Waals surface area contributed by atoms with E-state index >= 15 is 0 Å². The second-order valence-corrected chi connectivity index (χ2v) is 11.9. The van der Waals surface area contributed by atoms with Crippen molar-refractivity contribution in [2.45, 2.75) is 52.0 Å². The smallest absolute Gasteiger partial charge is 0.324 e. The van der Waals surface area contributed by atoms with Crippen molar-refractivity contribution < 1.29 is 18.8 Å². The van der Waals surface area contributed by atoms with E-state index in [1.165, 1.54) is 35.6 Å². The Kier molecular flexibility index (Phi) is 8.64. The summed E-state index contributed by atoms with van der Waals surface area (Å²) in [6.45, 7) is 12.1. The van der Waals surface area contributed by atoms with Crippen LogP contribution in [0.1, 0.15) is 56.3 Å². The molecule has 1 aliphatic heterocycles. The van der Waals surface area contributed by atoms with Gasteiger partial charge in [-0.2, -0.15) is 0 Å². The average molecular weight is 532 g/mol. The minimum absolute atomic E-state index is 0.0636. The highest BCUT2D eigenvalue weighted by molar-refractivity contribution is 7.16. The van der Waals surface area contributed by atoms with Crippen molar-refractivity contribution >= 4 is 39.9 Å². The Hall–Kier alpha value is -2.98. The molecule has 0 aliphatic carbocycles. The van der Waals surface area contributed by atoms with Gasteiger partial charge in [0.2, 0.25) is 5.91 Å². The van der Waals surface area contributed by atoms with E-state index in [1.807, 2.05) is 64.6 Å². The Balaban J connectivity index is 1.89. The number of anilines is 2. The Morgan fingerprint density at radius 2 is 1.78 bits per heavy atom. The first-order valence-corrected chi connectivity index (χ1v) is 13.3. The van der Waals surface area contributed by atoms with E-state index in [4.69, 9.17) is 0 Å². The highest BCUT2D eigenvalue weighted by atomic mass is 32.1. The molecule has 1 fully saturated rings. The number of likely N-dealkylation sites (N-methyl/N-ethyl adjacent to an activating group) is 1. The van der Waals surface area contributed by atoms with E-state index in [9.17, 15) is 18.8 Å². The number of nitrogens with one attached hydrogen (secondary N) is 2. The molecule has 1 aromatic heterocycles. The zero-order valence-electron chi connectivity index (χ0n) is 22.8. The van der Waals surface area contributed by atoms with Crippen LogP contribution in [0.15, 0.2) is 30.3 Å². The van der Waals surface area contributed by atoms with Crippen LogP contribution in [-0.2, 0) is 10.2 Å². The standard InChI is InChI=1S/C27H38FN5O3S/c1-8-27(5)24(35)32(14-13-31(6)7)15-16-33(27)23(34)20-17-21(26(2,3)4)37-22(20)30-25(36)29-19-11-9-18(28)10-12-19/h9-12,17H,8,13-16H2,1-7H3,(H2,29,30,36). The van der Waals surface area contributed by atoms with E-state index in [2.05, 4.69) is 10.6 Å². The highest BCUT2D eigenvalue weighted by Gasteiger charge is 2.47. The van der Waals surface area contributed by atoms with Crippen LogP contribution in [0, 0.1) is 5.82 Å². The molecule has 1 saturated heterocycles. The Morgan fingerprint density at radius 3 is 2.35 bits per heavy atom. The number of hydrogen-bond acceptors (Lipinski definition) is 5. The summed E-state index contributed by atoms with van der Waals surface area (Å²) in [6, 6.07) is 6.72. The van der Waals surface area contributed by atoms with Crippen molar-refractivity contribution in [1.29, 1.82) is 0 Å². The summed E-state index contributed by atoms with van der Waals surface area (Å²) >= 11 is 1.34. The molecule has 1 aliphatic rings. The summed E-state index contributed by atoms with van der Waals surface area (Å²) in [5, 5.41) is 5.90. The first-order chi connectivity index (χ1) is 17.3.